The van der Waals surface area contributed by atoms with Gasteiger partial charge in [-0.25, -0.2) is 13.4 Å². The molecule has 0 radical (unpaired) electrons. The minimum absolute atomic E-state index is 0.192. The molecular formula is C18H24N4O3S. The average molecular weight is 376 g/mol. The van der Waals surface area contributed by atoms with Crippen molar-refractivity contribution in [2.24, 2.45) is 0 Å². The standard InChI is InChI=1S/C18H24N4O3S/c1-12-8-13(2)10-15(9-12)26(24,25)22-7-6-21-11-16(18(23)20(4)5)19-17(21)14(22)3/h8-11,14H,6-7H2,1-5H3/t14-/m0/s1. The van der Waals surface area contributed by atoms with E-state index in [0.29, 0.717) is 29.5 Å². The van der Waals surface area contributed by atoms with Crippen LogP contribution in [0.3, 0.4) is 0 Å². The van der Waals surface area contributed by atoms with Crippen LogP contribution in [0.5, 0.6) is 0 Å². The molecule has 7 nitrogen and oxygen atoms in total. The third kappa shape index (κ3) is 3.14. The molecule has 2 aromatic rings. The minimum atomic E-state index is -3.64. The highest BCUT2D eigenvalue weighted by Gasteiger charge is 2.36. The van der Waals surface area contributed by atoms with Crippen molar-refractivity contribution in [3.05, 3.63) is 47.0 Å². The zero-order chi connectivity index (χ0) is 19.2. The number of carbonyl (C=O) groups is 1. The van der Waals surface area contributed by atoms with Crippen LogP contribution in [0.25, 0.3) is 0 Å². The van der Waals surface area contributed by atoms with Crippen LogP contribution in [0.4, 0.5) is 0 Å². The number of aryl methyl sites for hydroxylation is 2. The van der Waals surface area contributed by atoms with E-state index in [-0.39, 0.29) is 5.91 Å². The van der Waals surface area contributed by atoms with Gasteiger partial charge in [-0.1, -0.05) is 6.07 Å². The summed E-state index contributed by atoms with van der Waals surface area (Å²) in [5, 5.41) is 0. The van der Waals surface area contributed by atoms with Gasteiger partial charge in [-0.15, -0.1) is 0 Å². The molecule has 0 N–H and O–H groups in total. The number of benzene rings is 1. The molecule has 1 amide bonds. The number of rotatable bonds is 3. The second-order valence-electron chi connectivity index (χ2n) is 6.99. The first-order valence-corrected chi connectivity index (χ1v) is 9.94. The van der Waals surface area contributed by atoms with Crippen molar-refractivity contribution in [1.82, 2.24) is 18.8 Å². The summed E-state index contributed by atoms with van der Waals surface area (Å²) < 4.78 is 29.7. The van der Waals surface area contributed by atoms with Crippen molar-refractivity contribution in [1.29, 1.82) is 0 Å². The molecule has 0 bridgehead atoms. The molecule has 1 aliphatic heterocycles. The maximum atomic E-state index is 13.2. The molecule has 0 saturated carbocycles. The van der Waals surface area contributed by atoms with Crippen LogP contribution in [-0.2, 0) is 16.6 Å². The second kappa shape index (κ2) is 6.51. The number of hydrogen-bond donors (Lipinski definition) is 0. The van der Waals surface area contributed by atoms with Gasteiger partial charge in [0.05, 0.1) is 10.9 Å². The number of imidazole rings is 1. The lowest BCUT2D eigenvalue weighted by atomic mass is 10.2. The third-order valence-electron chi connectivity index (χ3n) is 4.60. The Kier molecular flexibility index (Phi) is 4.66. The Balaban J connectivity index is 1.98. The van der Waals surface area contributed by atoms with Gasteiger partial charge in [-0.05, 0) is 44.0 Å². The number of nitrogens with zero attached hydrogens (tertiary/aromatic N) is 4. The lowest BCUT2D eigenvalue weighted by molar-refractivity contribution is 0.0822. The van der Waals surface area contributed by atoms with E-state index in [1.807, 2.05) is 31.4 Å². The van der Waals surface area contributed by atoms with Gasteiger partial charge in [0.2, 0.25) is 10.0 Å². The number of aromatic nitrogens is 2. The fraction of sp³-hybridized carbons (Fsp3) is 0.444. The van der Waals surface area contributed by atoms with E-state index in [9.17, 15) is 13.2 Å². The van der Waals surface area contributed by atoms with Crippen molar-refractivity contribution < 1.29 is 13.2 Å². The first-order valence-electron chi connectivity index (χ1n) is 8.50. The Labute approximate surface area is 154 Å². The van der Waals surface area contributed by atoms with E-state index in [0.717, 1.165) is 11.1 Å². The quantitative estimate of drug-likeness (QED) is 0.821. The molecule has 1 aromatic carbocycles. The average Bonchev–Trinajstić information content (AvgIpc) is 2.98. The predicted octanol–water partition coefficient (Wildman–Crippen LogP) is 1.97. The van der Waals surface area contributed by atoms with Crippen LogP contribution in [0.15, 0.2) is 29.3 Å². The summed E-state index contributed by atoms with van der Waals surface area (Å²) in [6.07, 6.45) is 1.70. The zero-order valence-electron chi connectivity index (χ0n) is 15.7. The smallest absolute Gasteiger partial charge is 0.273 e. The molecule has 0 unspecified atom stereocenters. The number of amides is 1. The molecule has 3 rings (SSSR count). The second-order valence-corrected chi connectivity index (χ2v) is 8.88. The Morgan fingerprint density at radius 1 is 1.15 bits per heavy atom. The highest BCUT2D eigenvalue weighted by atomic mass is 32.2. The number of fused-ring (bicyclic) bond motifs is 1. The van der Waals surface area contributed by atoms with E-state index in [2.05, 4.69) is 4.98 Å². The third-order valence-corrected chi connectivity index (χ3v) is 6.55. The minimum Gasteiger partial charge on any atom is -0.343 e. The van der Waals surface area contributed by atoms with Gasteiger partial charge < -0.3 is 9.47 Å². The van der Waals surface area contributed by atoms with Gasteiger partial charge in [0.15, 0.2) is 0 Å². The molecular weight excluding hydrogens is 352 g/mol. The number of hydrogen-bond acceptors (Lipinski definition) is 4. The maximum absolute atomic E-state index is 13.2. The molecule has 26 heavy (non-hydrogen) atoms. The van der Waals surface area contributed by atoms with Crippen molar-refractivity contribution in [2.75, 3.05) is 20.6 Å². The fourth-order valence-electron chi connectivity index (χ4n) is 3.35. The summed E-state index contributed by atoms with van der Waals surface area (Å²) in [6, 6.07) is 4.89. The molecule has 0 fully saturated rings. The molecule has 1 atom stereocenters. The zero-order valence-corrected chi connectivity index (χ0v) is 16.5. The summed E-state index contributed by atoms with van der Waals surface area (Å²) >= 11 is 0. The van der Waals surface area contributed by atoms with Gasteiger partial charge in [-0.2, -0.15) is 4.31 Å². The first kappa shape index (κ1) is 18.6. The molecule has 0 spiro atoms. The van der Waals surface area contributed by atoms with Gasteiger partial charge in [0, 0.05) is 33.4 Å². The molecule has 1 aliphatic rings. The van der Waals surface area contributed by atoms with Crippen LogP contribution >= 0.6 is 0 Å². The lowest BCUT2D eigenvalue weighted by Crippen LogP contribution is -2.41. The monoisotopic (exact) mass is 376 g/mol. The van der Waals surface area contributed by atoms with E-state index in [4.69, 9.17) is 0 Å². The molecule has 8 heteroatoms. The molecule has 0 saturated heterocycles. The van der Waals surface area contributed by atoms with Crippen molar-refractivity contribution in [3.8, 4) is 0 Å². The Morgan fingerprint density at radius 3 is 2.35 bits per heavy atom. The van der Waals surface area contributed by atoms with Crippen LogP contribution in [0.2, 0.25) is 0 Å². The number of sulfonamides is 1. The van der Waals surface area contributed by atoms with Crippen LogP contribution in [-0.4, -0.2) is 53.7 Å². The van der Waals surface area contributed by atoms with E-state index in [1.54, 1.807) is 32.4 Å². The van der Waals surface area contributed by atoms with Crippen LogP contribution < -0.4 is 0 Å². The summed E-state index contributed by atoms with van der Waals surface area (Å²) in [7, 11) is -0.306. The summed E-state index contributed by atoms with van der Waals surface area (Å²) in [6.45, 7) is 6.39. The predicted molar refractivity (Wildman–Crippen MR) is 98.5 cm³/mol. The summed E-state index contributed by atoms with van der Waals surface area (Å²) in [4.78, 5) is 18.3. The van der Waals surface area contributed by atoms with Gasteiger partial charge >= 0.3 is 0 Å². The van der Waals surface area contributed by atoms with Crippen molar-refractivity contribution in [2.45, 2.75) is 38.3 Å². The molecule has 140 valence electrons. The van der Waals surface area contributed by atoms with Gasteiger partial charge in [-0.3, -0.25) is 4.79 Å². The largest absolute Gasteiger partial charge is 0.343 e. The SMILES string of the molecule is Cc1cc(C)cc(S(=O)(=O)N2CCn3cc(C(=O)N(C)C)nc3[C@@H]2C)c1. The molecule has 2 heterocycles. The molecule has 1 aromatic heterocycles. The highest BCUT2D eigenvalue weighted by Crippen LogP contribution is 2.31. The first-order chi connectivity index (χ1) is 12.1. The molecule has 0 aliphatic carbocycles. The topological polar surface area (TPSA) is 75.5 Å². The van der Waals surface area contributed by atoms with Crippen molar-refractivity contribution in [3.63, 3.8) is 0 Å². The summed E-state index contributed by atoms with van der Waals surface area (Å²) in [5.41, 5.74) is 2.16. The fourth-order valence-corrected chi connectivity index (χ4v) is 5.12. The van der Waals surface area contributed by atoms with Gasteiger partial charge in [0.25, 0.3) is 5.91 Å². The Bertz CT molecular complexity index is 943. The lowest BCUT2D eigenvalue weighted by Gasteiger charge is -2.32. The van der Waals surface area contributed by atoms with Crippen LogP contribution in [0, 0.1) is 13.8 Å². The normalized spacial score (nSPS) is 17.8. The Hall–Kier alpha value is -2.19. The maximum Gasteiger partial charge on any atom is 0.273 e. The van der Waals surface area contributed by atoms with E-state index < -0.39 is 16.1 Å². The van der Waals surface area contributed by atoms with Crippen molar-refractivity contribution >= 4 is 15.9 Å². The highest BCUT2D eigenvalue weighted by molar-refractivity contribution is 7.89. The van der Waals surface area contributed by atoms with E-state index in [1.165, 1.54) is 9.21 Å². The van der Waals surface area contributed by atoms with Crippen LogP contribution in [0.1, 0.15) is 40.4 Å². The van der Waals surface area contributed by atoms with Gasteiger partial charge in [0.1, 0.15) is 11.5 Å². The Morgan fingerprint density at radius 2 is 1.77 bits per heavy atom. The summed E-state index contributed by atoms with van der Waals surface area (Å²) in [5.74, 6) is 0.400. The number of carbonyl (C=O) groups excluding carboxylic acids is 1. The van der Waals surface area contributed by atoms with E-state index >= 15 is 0 Å².